The molecule has 1 aromatic heterocycles. The van der Waals surface area contributed by atoms with Crippen LogP contribution in [0.3, 0.4) is 0 Å². The van der Waals surface area contributed by atoms with Crippen molar-refractivity contribution in [2.75, 3.05) is 24.3 Å². The van der Waals surface area contributed by atoms with Crippen LogP contribution in [0.25, 0.3) is 0 Å². The molecule has 0 saturated carbocycles. The molecule has 0 spiro atoms. The maximum atomic E-state index is 13.2. The van der Waals surface area contributed by atoms with Gasteiger partial charge in [0.25, 0.3) is 5.91 Å². The summed E-state index contributed by atoms with van der Waals surface area (Å²) in [5, 5.41) is 3.57. The molecule has 0 aliphatic carbocycles. The summed E-state index contributed by atoms with van der Waals surface area (Å²) in [5.41, 5.74) is 6.32. The number of nitrogens with two attached hydrogens (primary N) is 1. The minimum atomic E-state index is -0.448. The lowest BCUT2D eigenvalue weighted by molar-refractivity contribution is 0.0853. The Balaban J connectivity index is 1.72. The van der Waals surface area contributed by atoms with Crippen LogP contribution in [-0.4, -0.2) is 24.1 Å². The number of anilines is 2. The fourth-order valence-electron chi connectivity index (χ4n) is 2.35. The molecule has 1 aliphatic rings. The highest BCUT2D eigenvalue weighted by Crippen LogP contribution is 2.30. The van der Waals surface area contributed by atoms with Crippen molar-refractivity contribution in [2.24, 2.45) is 0 Å². The Bertz CT molecular complexity index is 683. The first-order chi connectivity index (χ1) is 10.6. The zero-order valence-corrected chi connectivity index (χ0v) is 12.7. The first-order valence-corrected chi connectivity index (χ1v) is 7.85. The number of nitrogens with zero attached hydrogens (tertiary/aromatic N) is 1. The highest BCUT2D eigenvalue weighted by molar-refractivity contribution is 7.13. The van der Waals surface area contributed by atoms with Crippen LogP contribution in [0.2, 0.25) is 0 Å². The molecule has 2 heterocycles. The highest BCUT2D eigenvalue weighted by Gasteiger charge is 2.21. The molecule has 3 N–H and O–H groups in total. The minimum absolute atomic E-state index is 0.269. The van der Waals surface area contributed by atoms with Gasteiger partial charge in [0, 0.05) is 19.1 Å². The normalized spacial score (nSPS) is 15.7. The van der Waals surface area contributed by atoms with Gasteiger partial charge in [-0.1, -0.05) is 0 Å². The number of hydrogen-bond acceptors (Lipinski definition) is 5. The second-order valence-electron chi connectivity index (χ2n) is 5.14. The highest BCUT2D eigenvalue weighted by atomic mass is 32.1. The van der Waals surface area contributed by atoms with Crippen molar-refractivity contribution in [3.63, 3.8) is 0 Å². The molecule has 7 heteroatoms. The molecule has 116 valence electrons. The molecule has 1 saturated heterocycles. The van der Waals surface area contributed by atoms with E-state index in [1.807, 2.05) is 0 Å². The summed E-state index contributed by atoms with van der Waals surface area (Å²) in [7, 11) is 0. The average Bonchev–Trinajstić information content (AvgIpc) is 3.02. The molecule has 1 fully saturated rings. The van der Waals surface area contributed by atoms with Crippen LogP contribution in [-0.2, 0) is 4.74 Å². The first kappa shape index (κ1) is 14.9. The lowest BCUT2D eigenvalue weighted by Gasteiger charge is -2.19. The Kier molecular flexibility index (Phi) is 4.35. The number of nitrogens with one attached hydrogen (secondary N) is 1. The van der Waals surface area contributed by atoms with Gasteiger partial charge in [-0.15, -0.1) is 11.3 Å². The van der Waals surface area contributed by atoms with Crippen LogP contribution >= 0.6 is 11.3 Å². The molecule has 0 atom stereocenters. The maximum absolute atomic E-state index is 13.2. The van der Waals surface area contributed by atoms with Crippen molar-refractivity contribution >= 4 is 28.6 Å². The number of ether oxygens (including phenoxy) is 1. The largest absolute Gasteiger partial charge is 0.397 e. The molecule has 1 amide bonds. The molecule has 2 aromatic rings. The molecular formula is C15H16FN3O2S. The lowest BCUT2D eigenvalue weighted by atomic mass is 10.0. The van der Waals surface area contributed by atoms with E-state index in [9.17, 15) is 9.18 Å². The Labute approximate surface area is 131 Å². The van der Waals surface area contributed by atoms with E-state index < -0.39 is 5.82 Å². The van der Waals surface area contributed by atoms with Crippen molar-refractivity contribution in [2.45, 2.75) is 18.8 Å². The van der Waals surface area contributed by atoms with Gasteiger partial charge in [0.15, 0.2) is 0 Å². The number of nitrogen functional groups attached to an aromatic ring is 1. The van der Waals surface area contributed by atoms with E-state index in [0.717, 1.165) is 31.1 Å². The molecule has 3 rings (SSSR count). The fraction of sp³-hybridized carbons (Fsp3) is 0.333. The Morgan fingerprint density at radius 3 is 2.95 bits per heavy atom. The standard InChI is InChI=1S/C15H16FN3O2S/c16-10-1-2-11(17)12(7-10)19-14(20)13-8-18-15(22-13)9-3-5-21-6-4-9/h1-2,7-9H,3-6,17H2,(H,19,20). The first-order valence-electron chi connectivity index (χ1n) is 7.03. The van der Waals surface area contributed by atoms with E-state index in [0.29, 0.717) is 16.5 Å². The third-order valence-corrected chi connectivity index (χ3v) is 4.74. The van der Waals surface area contributed by atoms with Gasteiger partial charge in [0.1, 0.15) is 10.7 Å². The van der Waals surface area contributed by atoms with Crippen LogP contribution < -0.4 is 11.1 Å². The van der Waals surface area contributed by atoms with Crippen LogP contribution in [0, 0.1) is 5.82 Å². The Hall–Kier alpha value is -1.99. The van der Waals surface area contributed by atoms with Crippen LogP contribution in [0.5, 0.6) is 0 Å². The molecule has 0 unspecified atom stereocenters. The van der Waals surface area contributed by atoms with Crippen LogP contribution in [0.1, 0.15) is 33.4 Å². The summed E-state index contributed by atoms with van der Waals surface area (Å²) in [4.78, 5) is 17.1. The zero-order chi connectivity index (χ0) is 15.5. The van der Waals surface area contributed by atoms with Gasteiger partial charge in [-0.2, -0.15) is 0 Å². The summed E-state index contributed by atoms with van der Waals surface area (Å²) in [5.74, 6) is -0.427. The van der Waals surface area contributed by atoms with Gasteiger partial charge in [0.2, 0.25) is 0 Å². The second kappa shape index (κ2) is 6.41. The molecule has 1 aliphatic heterocycles. The number of carbonyl (C=O) groups is 1. The molecule has 22 heavy (non-hydrogen) atoms. The second-order valence-corrected chi connectivity index (χ2v) is 6.20. The summed E-state index contributed by atoms with van der Waals surface area (Å²) in [6.45, 7) is 1.46. The molecule has 5 nitrogen and oxygen atoms in total. The van der Waals surface area contributed by atoms with E-state index in [2.05, 4.69) is 10.3 Å². The number of carbonyl (C=O) groups excluding carboxylic acids is 1. The van der Waals surface area contributed by atoms with E-state index in [1.54, 1.807) is 6.20 Å². The van der Waals surface area contributed by atoms with Gasteiger partial charge in [-0.05, 0) is 31.0 Å². The van der Waals surface area contributed by atoms with Gasteiger partial charge in [-0.25, -0.2) is 9.37 Å². The van der Waals surface area contributed by atoms with Crippen molar-refractivity contribution in [3.8, 4) is 0 Å². The van der Waals surface area contributed by atoms with Gasteiger partial charge < -0.3 is 15.8 Å². The maximum Gasteiger partial charge on any atom is 0.267 e. The van der Waals surface area contributed by atoms with Crippen molar-refractivity contribution in [1.82, 2.24) is 4.98 Å². The number of aromatic nitrogens is 1. The van der Waals surface area contributed by atoms with E-state index in [-0.39, 0.29) is 11.6 Å². The van der Waals surface area contributed by atoms with E-state index >= 15 is 0 Å². The lowest BCUT2D eigenvalue weighted by Crippen LogP contribution is -2.13. The van der Waals surface area contributed by atoms with Crippen molar-refractivity contribution in [1.29, 1.82) is 0 Å². The van der Waals surface area contributed by atoms with Crippen molar-refractivity contribution < 1.29 is 13.9 Å². The average molecular weight is 321 g/mol. The van der Waals surface area contributed by atoms with Gasteiger partial charge in [0.05, 0.1) is 22.6 Å². The molecular weight excluding hydrogens is 305 g/mol. The fourth-order valence-corrected chi connectivity index (χ4v) is 3.33. The Morgan fingerprint density at radius 1 is 1.41 bits per heavy atom. The predicted molar refractivity (Wildman–Crippen MR) is 83.7 cm³/mol. The number of thiazole rings is 1. The summed E-state index contributed by atoms with van der Waals surface area (Å²) in [6, 6.07) is 3.87. The van der Waals surface area contributed by atoms with E-state index in [4.69, 9.17) is 10.5 Å². The number of rotatable bonds is 3. The smallest absolute Gasteiger partial charge is 0.267 e. The third-order valence-electron chi connectivity index (χ3n) is 3.58. The number of halogens is 1. The topological polar surface area (TPSA) is 77.2 Å². The SMILES string of the molecule is Nc1ccc(F)cc1NC(=O)c1cnc(C2CCOCC2)s1. The number of hydrogen-bond donors (Lipinski definition) is 2. The molecule has 0 radical (unpaired) electrons. The predicted octanol–water partition coefficient (Wildman–Crippen LogP) is 3.01. The molecule has 1 aromatic carbocycles. The Morgan fingerprint density at radius 2 is 2.18 bits per heavy atom. The van der Waals surface area contributed by atoms with E-state index in [1.165, 1.54) is 29.5 Å². The number of benzene rings is 1. The summed E-state index contributed by atoms with van der Waals surface area (Å²) in [6.07, 6.45) is 3.40. The summed E-state index contributed by atoms with van der Waals surface area (Å²) < 4.78 is 18.5. The quantitative estimate of drug-likeness (QED) is 0.852. The monoisotopic (exact) mass is 321 g/mol. The zero-order valence-electron chi connectivity index (χ0n) is 11.8. The minimum Gasteiger partial charge on any atom is -0.397 e. The van der Waals surface area contributed by atoms with Crippen LogP contribution in [0.4, 0.5) is 15.8 Å². The summed E-state index contributed by atoms with van der Waals surface area (Å²) >= 11 is 1.36. The third kappa shape index (κ3) is 3.26. The molecule has 0 bridgehead atoms. The van der Waals surface area contributed by atoms with Crippen LogP contribution in [0.15, 0.2) is 24.4 Å². The number of amides is 1. The van der Waals surface area contributed by atoms with Crippen molar-refractivity contribution in [3.05, 3.63) is 40.1 Å². The van der Waals surface area contributed by atoms with Gasteiger partial charge >= 0.3 is 0 Å². The van der Waals surface area contributed by atoms with Gasteiger partial charge in [-0.3, -0.25) is 4.79 Å².